The number of pyridine rings is 2. The van der Waals surface area contributed by atoms with Gasteiger partial charge in [0.1, 0.15) is 28.9 Å². The van der Waals surface area contributed by atoms with Crippen LogP contribution >= 0.6 is 0 Å². The average Bonchev–Trinajstić information content (AvgIpc) is 3.43. The third kappa shape index (κ3) is 4.45. The smallest absolute Gasteiger partial charge is 0.279 e. The second kappa shape index (κ2) is 9.87. The molecular formula is C27H25N5O5. The third-order valence-electron chi connectivity index (χ3n) is 6.44. The number of nitrogens with zero attached hydrogens (tertiary/aromatic N) is 5. The molecule has 4 heterocycles. The summed E-state index contributed by atoms with van der Waals surface area (Å²) in [6, 6.07) is 11.9. The molecule has 4 aromatic rings. The topological polar surface area (TPSA) is 120 Å². The molecule has 0 bridgehead atoms. The van der Waals surface area contributed by atoms with Crippen molar-refractivity contribution in [2.75, 3.05) is 20.8 Å². The highest BCUT2D eigenvalue weighted by Crippen LogP contribution is 2.23. The standard InChI is InChI=1S/C27H25N5O5/c1-16-6-4-8-31-23(16)29-25-22(27(31)34)12-18(14-28)24(32(25)15-19-7-5-9-37-19)30-26(33)17-10-20(35-2)13-21(11-17)36-3/h4,6,8,10-13,19H,5,7,9,15H2,1-3H3/t19-/m1/s1. The summed E-state index contributed by atoms with van der Waals surface area (Å²) in [6.45, 7) is 2.77. The lowest BCUT2D eigenvalue weighted by molar-refractivity contribution is 0.0952. The van der Waals surface area contributed by atoms with Crippen LogP contribution in [0.15, 0.2) is 52.4 Å². The summed E-state index contributed by atoms with van der Waals surface area (Å²) in [7, 11) is 2.98. The maximum Gasteiger partial charge on any atom is 0.279 e. The highest BCUT2D eigenvalue weighted by molar-refractivity contribution is 5.96. The quantitative estimate of drug-likeness (QED) is 0.387. The second-order valence-corrected chi connectivity index (χ2v) is 8.80. The molecule has 10 heteroatoms. The van der Waals surface area contributed by atoms with E-state index in [9.17, 15) is 14.9 Å². The normalized spacial score (nSPS) is 15.7. The van der Waals surface area contributed by atoms with Gasteiger partial charge in [-0.25, -0.2) is 4.98 Å². The van der Waals surface area contributed by atoms with Crippen LogP contribution in [0.3, 0.4) is 0 Å². The minimum atomic E-state index is -0.595. The Morgan fingerprint density at radius 1 is 1.22 bits per heavy atom. The lowest BCUT2D eigenvalue weighted by atomic mass is 10.1. The molecule has 3 aromatic heterocycles. The molecule has 0 aliphatic carbocycles. The zero-order valence-electron chi connectivity index (χ0n) is 20.7. The summed E-state index contributed by atoms with van der Waals surface area (Å²) >= 11 is 0. The predicted octanol–water partition coefficient (Wildman–Crippen LogP) is 2.77. The Hall–Kier alpha value is -4.49. The molecule has 1 aromatic carbocycles. The molecule has 10 nitrogen and oxygen atoms in total. The monoisotopic (exact) mass is 499 g/mol. The molecule has 0 saturated carbocycles. The average molecular weight is 500 g/mol. The Morgan fingerprint density at radius 3 is 2.62 bits per heavy atom. The molecule has 0 spiro atoms. The van der Waals surface area contributed by atoms with Gasteiger partial charge < -0.3 is 18.8 Å². The Labute approximate surface area is 212 Å². The van der Waals surface area contributed by atoms with Crippen LogP contribution in [0.2, 0.25) is 0 Å². The molecule has 1 atom stereocenters. The minimum Gasteiger partial charge on any atom is -0.497 e. The first-order chi connectivity index (χ1) is 17.9. The van der Waals surface area contributed by atoms with Crippen molar-refractivity contribution in [3.8, 4) is 17.6 Å². The molecule has 37 heavy (non-hydrogen) atoms. The maximum atomic E-state index is 13.4. The van der Waals surface area contributed by atoms with Gasteiger partial charge in [0.15, 0.2) is 5.49 Å². The van der Waals surface area contributed by atoms with E-state index >= 15 is 0 Å². The Kier molecular flexibility index (Phi) is 6.46. The number of fused-ring (bicyclic) bond motifs is 2. The number of rotatable bonds is 5. The molecule has 1 amide bonds. The largest absolute Gasteiger partial charge is 0.497 e. The van der Waals surface area contributed by atoms with Crippen molar-refractivity contribution in [1.29, 1.82) is 5.26 Å². The number of carbonyl (C=O) groups excluding carboxylic acids is 1. The maximum absolute atomic E-state index is 13.4. The lowest BCUT2D eigenvalue weighted by Gasteiger charge is -2.17. The van der Waals surface area contributed by atoms with Crippen LogP contribution in [0.25, 0.3) is 16.7 Å². The number of aryl methyl sites for hydroxylation is 1. The number of benzene rings is 1. The number of nitriles is 1. The molecule has 5 rings (SSSR count). The van der Waals surface area contributed by atoms with E-state index in [0.29, 0.717) is 29.4 Å². The van der Waals surface area contributed by atoms with Crippen LogP contribution in [0.4, 0.5) is 0 Å². The molecule has 1 aliphatic rings. The summed E-state index contributed by atoms with van der Waals surface area (Å²) in [5, 5.41) is 10.3. The summed E-state index contributed by atoms with van der Waals surface area (Å²) in [4.78, 5) is 36.0. The van der Waals surface area contributed by atoms with Gasteiger partial charge in [0.05, 0.1) is 37.8 Å². The van der Waals surface area contributed by atoms with E-state index in [2.05, 4.69) is 11.1 Å². The molecule has 1 aliphatic heterocycles. The highest BCUT2D eigenvalue weighted by Gasteiger charge is 2.22. The summed E-state index contributed by atoms with van der Waals surface area (Å²) in [5.41, 5.74) is 1.75. The van der Waals surface area contributed by atoms with Crippen molar-refractivity contribution in [2.45, 2.75) is 32.4 Å². The van der Waals surface area contributed by atoms with E-state index in [1.165, 1.54) is 24.7 Å². The Bertz CT molecular complexity index is 1690. The fraction of sp³-hybridized carbons (Fsp3) is 0.296. The number of amides is 1. The number of methoxy groups -OCH3 is 2. The van der Waals surface area contributed by atoms with Crippen molar-refractivity contribution in [3.05, 3.63) is 75.1 Å². The molecule has 188 valence electrons. The van der Waals surface area contributed by atoms with Gasteiger partial charge in [-0.15, -0.1) is 0 Å². The highest BCUT2D eigenvalue weighted by atomic mass is 16.5. The van der Waals surface area contributed by atoms with Gasteiger partial charge in [-0.05, 0) is 49.6 Å². The molecule has 0 radical (unpaired) electrons. The second-order valence-electron chi connectivity index (χ2n) is 8.80. The fourth-order valence-electron chi connectivity index (χ4n) is 4.55. The SMILES string of the molecule is COc1cc(OC)cc(C(=O)N=c2c(C#N)cc3c(=O)n4cccc(C)c4nc3n2C[C@H]2CCCO2)c1. The number of hydrogen-bond donors (Lipinski definition) is 0. The van der Waals surface area contributed by atoms with Gasteiger partial charge in [-0.2, -0.15) is 10.3 Å². The zero-order chi connectivity index (χ0) is 26.1. The van der Waals surface area contributed by atoms with Crippen molar-refractivity contribution in [3.63, 3.8) is 0 Å². The van der Waals surface area contributed by atoms with Crippen LogP contribution in [-0.4, -0.2) is 46.8 Å². The number of ether oxygens (including phenoxy) is 3. The predicted molar refractivity (Wildman–Crippen MR) is 135 cm³/mol. The first kappa shape index (κ1) is 24.2. The Morgan fingerprint density at radius 2 is 1.97 bits per heavy atom. The van der Waals surface area contributed by atoms with Crippen molar-refractivity contribution < 1.29 is 19.0 Å². The van der Waals surface area contributed by atoms with Gasteiger partial charge in [0, 0.05) is 24.4 Å². The number of hydrogen-bond acceptors (Lipinski definition) is 7. The van der Waals surface area contributed by atoms with Gasteiger partial charge >= 0.3 is 0 Å². The van der Waals surface area contributed by atoms with Crippen LogP contribution < -0.4 is 20.5 Å². The molecule has 0 N–H and O–H groups in total. The lowest BCUT2D eigenvalue weighted by Crippen LogP contribution is -2.33. The molecule has 1 saturated heterocycles. The molecule has 0 unspecified atom stereocenters. The first-order valence-electron chi connectivity index (χ1n) is 11.8. The first-order valence-corrected chi connectivity index (χ1v) is 11.8. The molecule has 1 fully saturated rings. The summed E-state index contributed by atoms with van der Waals surface area (Å²) < 4.78 is 19.5. The van der Waals surface area contributed by atoms with Crippen molar-refractivity contribution >= 4 is 22.6 Å². The van der Waals surface area contributed by atoms with Crippen LogP contribution in [0.1, 0.15) is 34.3 Å². The van der Waals surface area contributed by atoms with Crippen molar-refractivity contribution in [2.24, 2.45) is 4.99 Å². The van der Waals surface area contributed by atoms with E-state index in [4.69, 9.17) is 19.2 Å². The summed E-state index contributed by atoms with van der Waals surface area (Å²) in [5.74, 6) is 0.268. The van der Waals surface area contributed by atoms with Gasteiger partial charge in [-0.1, -0.05) is 6.07 Å². The van der Waals surface area contributed by atoms with E-state index in [0.717, 1.165) is 18.4 Å². The van der Waals surface area contributed by atoms with E-state index in [1.807, 2.05) is 13.0 Å². The number of carbonyl (C=O) groups is 1. The van der Waals surface area contributed by atoms with Gasteiger partial charge in [0.25, 0.3) is 11.5 Å². The zero-order valence-corrected chi connectivity index (χ0v) is 20.7. The third-order valence-corrected chi connectivity index (χ3v) is 6.44. The molecular weight excluding hydrogens is 474 g/mol. The van der Waals surface area contributed by atoms with Crippen LogP contribution in [0, 0.1) is 18.3 Å². The minimum absolute atomic E-state index is 0.0835. The van der Waals surface area contributed by atoms with E-state index in [1.54, 1.807) is 35.0 Å². The van der Waals surface area contributed by atoms with Gasteiger partial charge in [-0.3, -0.25) is 14.0 Å². The Balaban J connectivity index is 1.82. The summed E-state index contributed by atoms with van der Waals surface area (Å²) in [6.07, 6.45) is 3.18. The number of aromatic nitrogens is 3. The van der Waals surface area contributed by atoms with E-state index in [-0.39, 0.29) is 40.2 Å². The van der Waals surface area contributed by atoms with E-state index < -0.39 is 5.91 Å². The van der Waals surface area contributed by atoms with Crippen molar-refractivity contribution in [1.82, 2.24) is 14.0 Å². The van der Waals surface area contributed by atoms with Crippen LogP contribution in [0.5, 0.6) is 11.5 Å². The van der Waals surface area contributed by atoms with Gasteiger partial charge in [0.2, 0.25) is 0 Å². The fourth-order valence-corrected chi connectivity index (χ4v) is 4.55. The van der Waals surface area contributed by atoms with Crippen LogP contribution in [-0.2, 0) is 11.3 Å².